The summed E-state index contributed by atoms with van der Waals surface area (Å²) in [5, 5.41) is 0.803. The standard InChI is InChI=1S/C23H22ClN3/c1-18-11-13-21(14-12-18)27-17-26(15-20-9-5-6-10-22(20)24)16-25-23(27)19-7-3-2-4-8-19/h2-14H,15-17H2,1H3. The van der Waals surface area contributed by atoms with Crippen molar-refractivity contribution in [2.24, 2.45) is 4.99 Å². The van der Waals surface area contributed by atoms with Gasteiger partial charge in [-0.15, -0.1) is 0 Å². The molecule has 0 bridgehead atoms. The third-order valence-electron chi connectivity index (χ3n) is 4.75. The molecule has 3 aromatic rings. The van der Waals surface area contributed by atoms with E-state index in [1.807, 2.05) is 24.3 Å². The van der Waals surface area contributed by atoms with Gasteiger partial charge in [-0.2, -0.15) is 0 Å². The van der Waals surface area contributed by atoms with Gasteiger partial charge in [-0.3, -0.25) is 9.89 Å². The van der Waals surface area contributed by atoms with E-state index in [4.69, 9.17) is 16.6 Å². The zero-order chi connectivity index (χ0) is 18.6. The largest absolute Gasteiger partial charge is 0.313 e. The summed E-state index contributed by atoms with van der Waals surface area (Å²) in [6.07, 6.45) is 0. The molecule has 0 atom stereocenters. The molecule has 0 amide bonds. The fraction of sp³-hybridized carbons (Fsp3) is 0.174. The highest BCUT2D eigenvalue weighted by molar-refractivity contribution is 6.31. The number of rotatable bonds is 4. The number of nitrogens with zero attached hydrogens (tertiary/aromatic N) is 3. The molecule has 0 aliphatic carbocycles. The molecule has 0 aromatic heterocycles. The van der Waals surface area contributed by atoms with Gasteiger partial charge in [-0.05, 0) is 30.7 Å². The number of benzene rings is 3. The Balaban J connectivity index is 1.65. The van der Waals surface area contributed by atoms with Crippen molar-refractivity contribution < 1.29 is 0 Å². The summed E-state index contributed by atoms with van der Waals surface area (Å²) >= 11 is 6.36. The maximum absolute atomic E-state index is 6.36. The maximum Gasteiger partial charge on any atom is 0.137 e. The highest BCUT2D eigenvalue weighted by Crippen LogP contribution is 2.24. The lowest BCUT2D eigenvalue weighted by atomic mass is 10.1. The molecule has 0 N–H and O–H groups in total. The first-order valence-corrected chi connectivity index (χ1v) is 9.48. The van der Waals surface area contributed by atoms with Crippen molar-refractivity contribution in [1.29, 1.82) is 0 Å². The minimum atomic E-state index is 0.651. The van der Waals surface area contributed by atoms with Gasteiger partial charge in [0.25, 0.3) is 0 Å². The molecule has 0 fully saturated rings. The van der Waals surface area contributed by atoms with Gasteiger partial charge in [0.1, 0.15) is 5.84 Å². The molecule has 1 aliphatic rings. The van der Waals surface area contributed by atoms with E-state index >= 15 is 0 Å². The molecule has 1 aliphatic heterocycles. The molecule has 3 nitrogen and oxygen atoms in total. The van der Waals surface area contributed by atoms with E-state index in [0.29, 0.717) is 6.67 Å². The molecular formula is C23H22ClN3. The molecule has 4 rings (SSSR count). The number of hydrogen-bond acceptors (Lipinski definition) is 3. The predicted octanol–water partition coefficient (Wildman–Crippen LogP) is 5.33. The Hall–Kier alpha value is -2.62. The summed E-state index contributed by atoms with van der Waals surface area (Å²) < 4.78 is 0. The monoisotopic (exact) mass is 375 g/mol. The lowest BCUT2D eigenvalue weighted by Gasteiger charge is -2.36. The van der Waals surface area contributed by atoms with Crippen LogP contribution in [-0.4, -0.2) is 24.1 Å². The van der Waals surface area contributed by atoms with E-state index in [1.165, 1.54) is 5.56 Å². The van der Waals surface area contributed by atoms with Crippen molar-refractivity contribution in [3.8, 4) is 0 Å². The molecule has 3 aromatic carbocycles. The molecule has 0 radical (unpaired) electrons. The normalized spacial score (nSPS) is 14.9. The molecule has 0 unspecified atom stereocenters. The number of halogens is 1. The third kappa shape index (κ3) is 4.05. The van der Waals surface area contributed by atoms with Crippen LogP contribution in [0.4, 0.5) is 5.69 Å². The molecule has 0 spiro atoms. The third-order valence-corrected chi connectivity index (χ3v) is 5.12. The van der Waals surface area contributed by atoms with Crippen molar-refractivity contribution in [2.45, 2.75) is 13.5 Å². The van der Waals surface area contributed by atoms with Crippen LogP contribution in [0, 0.1) is 6.92 Å². The van der Waals surface area contributed by atoms with Crippen molar-refractivity contribution in [3.63, 3.8) is 0 Å². The molecular weight excluding hydrogens is 354 g/mol. The molecule has 0 saturated carbocycles. The van der Waals surface area contributed by atoms with Crippen molar-refractivity contribution in [1.82, 2.24) is 4.90 Å². The highest BCUT2D eigenvalue weighted by Gasteiger charge is 2.23. The van der Waals surface area contributed by atoms with Crippen molar-refractivity contribution in [3.05, 3.63) is 101 Å². The number of anilines is 1. The fourth-order valence-corrected chi connectivity index (χ4v) is 3.49. The van der Waals surface area contributed by atoms with Crippen LogP contribution in [-0.2, 0) is 6.54 Å². The average molecular weight is 376 g/mol. The van der Waals surface area contributed by atoms with E-state index in [1.54, 1.807) is 0 Å². The number of hydrogen-bond donors (Lipinski definition) is 0. The van der Waals surface area contributed by atoms with Crippen LogP contribution in [0.15, 0.2) is 83.9 Å². The smallest absolute Gasteiger partial charge is 0.137 e. The van der Waals surface area contributed by atoms with Gasteiger partial charge in [0.05, 0.1) is 13.3 Å². The summed E-state index contributed by atoms with van der Waals surface area (Å²) in [6.45, 7) is 4.29. The van der Waals surface area contributed by atoms with Gasteiger partial charge in [0.2, 0.25) is 0 Å². The van der Waals surface area contributed by atoms with Gasteiger partial charge in [-0.25, -0.2) is 0 Å². The molecule has 136 valence electrons. The van der Waals surface area contributed by atoms with Crippen molar-refractivity contribution in [2.75, 3.05) is 18.2 Å². The van der Waals surface area contributed by atoms with Gasteiger partial charge in [0, 0.05) is 22.8 Å². The van der Waals surface area contributed by atoms with E-state index in [9.17, 15) is 0 Å². The Labute approximate surface area is 165 Å². The Bertz CT molecular complexity index is 935. The Morgan fingerprint density at radius 2 is 1.59 bits per heavy atom. The van der Waals surface area contributed by atoms with Gasteiger partial charge in [-0.1, -0.05) is 77.8 Å². The first kappa shape index (κ1) is 17.8. The van der Waals surface area contributed by atoms with Gasteiger partial charge >= 0.3 is 0 Å². The summed E-state index contributed by atoms with van der Waals surface area (Å²) in [4.78, 5) is 9.48. The van der Waals surface area contributed by atoms with E-state index < -0.39 is 0 Å². The van der Waals surface area contributed by atoms with Crippen LogP contribution < -0.4 is 4.90 Å². The first-order chi connectivity index (χ1) is 13.2. The second-order valence-corrected chi connectivity index (χ2v) is 7.22. The van der Waals surface area contributed by atoms with Crippen LogP contribution in [0.1, 0.15) is 16.7 Å². The van der Waals surface area contributed by atoms with E-state index in [0.717, 1.165) is 40.9 Å². The number of aryl methyl sites for hydroxylation is 1. The Morgan fingerprint density at radius 3 is 2.33 bits per heavy atom. The summed E-state index contributed by atoms with van der Waals surface area (Å²) in [6, 6.07) is 27.0. The van der Waals surface area contributed by atoms with Crippen LogP contribution >= 0.6 is 11.6 Å². The first-order valence-electron chi connectivity index (χ1n) is 9.10. The summed E-state index contributed by atoms with van der Waals surface area (Å²) in [7, 11) is 0. The summed E-state index contributed by atoms with van der Waals surface area (Å²) in [5.41, 5.74) is 4.66. The number of amidine groups is 1. The van der Waals surface area contributed by atoms with Crippen LogP contribution in [0.3, 0.4) is 0 Å². The van der Waals surface area contributed by atoms with E-state index in [2.05, 4.69) is 71.3 Å². The summed E-state index contributed by atoms with van der Waals surface area (Å²) in [5.74, 6) is 1.01. The predicted molar refractivity (Wildman–Crippen MR) is 113 cm³/mol. The van der Waals surface area contributed by atoms with Crippen LogP contribution in [0.25, 0.3) is 0 Å². The lowest BCUT2D eigenvalue weighted by molar-refractivity contribution is 0.273. The van der Waals surface area contributed by atoms with Gasteiger partial charge in [0.15, 0.2) is 0 Å². The van der Waals surface area contributed by atoms with Crippen LogP contribution in [0.5, 0.6) is 0 Å². The quantitative estimate of drug-likeness (QED) is 0.613. The lowest BCUT2D eigenvalue weighted by Crippen LogP contribution is -2.46. The van der Waals surface area contributed by atoms with Gasteiger partial charge < -0.3 is 4.90 Å². The number of aliphatic imine (C=N–C) groups is 1. The maximum atomic E-state index is 6.36. The SMILES string of the molecule is Cc1ccc(N2CN(Cc3ccccc3Cl)CN=C2c2ccccc2)cc1. The second kappa shape index (κ2) is 7.95. The Morgan fingerprint density at radius 1 is 0.889 bits per heavy atom. The zero-order valence-electron chi connectivity index (χ0n) is 15.3. The minimum Gasteiger partial charge on any atom is -0.313 e. The minimum absolute atomic E-state index is 0.651. The molecule has 4 heteroatoms. The van der Waals surface area contributed by atoms with E-state index in [-0.39, 0.29) is 0 Å². The molecule has 0 saturated heterocycles. The Kier molecular flexibility index (Phi) is 5.23. The van der Waals surface area contributed by atoms with Crippen molar-refractivity contribution >= 4 is 23.1 Å². The zero-order valence-corrected chi connectivity index (χ0v) is 16.1. The fourth-order valence-electron chi connectivity index (χ4n) is 3.29. The van der Waals surface area contributed by atoms with Crippen LogP contribution in [0.2, 0.25) is 5.02 Å². The molecule has 1 heterocycles. The topological polar surface area (TPSA) is 18.8 Å². The second-order valence-electron chi connectivity index (χ2n) is 6.81. The molecule has 27 heavy (non-hydrogen) atoms. The highest BCUT2D eigenvalue weighted by atomic mass is 35.5. The average Bonchev–Trinajstić information content (AvgIpc) is 2.71.